The highest BCUT2D eigenvalue weighted by Gasteiger charge is 2.68. The average molecular weight is 785 g/mol. The number of aromatic hydroxyl groups is 1. The number of imide groups is 2. The van der Waals surface area contributed by atoms with Crippen LogP contribution in [-0.4, -0.2) is 35.8 Å². The molecule has 6 atom stereocenters. The molecule has 8 rings (SSSR count). The number of para-hydroxylation sites is 1. The summed E-state index contributed by atoms with van der Waals surface area (Å²) in [6, 6.07) is 23.6. The predicted octanol–water partition coefficient (Wildman–Crippen LogP) is 8.13. The largest absolute Gasteiger partial charge is 0.504 e. The van der Waals surface area contributed by atoms with Gasteiger partial charge in [-0.3, -0.25) is 24.1 Å². The van der Waals surface area contributed by atoms with Crippen molar-refractivity contribution in [2.24, 2.45) is 29.1 Å². The maximum Gasteiger partial charge on any atom is 0.241 e. The van der Waals surface area contributed by atoms with Crippen LogP contribution in [0.5, 0.6) is 11.5 Å². The van der Waals surface area contributed by atoms with Crippen LogP contribution in [0.25, 0.3) is 0 Å². The number of phenols is 1. The van der Waals surface area contributed by atoms with E-state index in [2.05, 4.69) is 21.2 Å². The van der Waals surface area contributed by atoms with Gasteiger partial charge in [-0.2, -0.15) is 0 Å². The van der Waals surface area contributed by atoms with Crippen molar-refractivity contribution in [2.75, 3.05) is 22.2 Å². The number of nitrogens with zero attached hydrogens (tertiary/aromatic N) is 2. The van der Waals surface area contributed by atoms with Gasteiger partial charge in [-0.15, -0.1) is 0 Å². The van der Waals surface area contributed by atoms with Gasteiger partial charge in [0.1, 0.15) is 5.82 Å². The topological polar surface area (TPSA) is 116 Å². The van der Waals surface area contributed by atoms with Crippen molar-refractivity contribution in [2.45, 2.75) is 25.7 Å². The molecule has 0 unspecified atom stereocenters. The SMILES string of the molecule is COc1cc(Br)cc([C@H]2C3=CC[C@@H]4C(=O)N(c5ccc(Nc6ccccc6)cc5)C(=O)[C@@H]4[C@@H]3C[C@H]3C(=O)N(c4ccc(F)c(Cl)c4)C(=O)[C@@]23C)c1O. The number of allylic oxidation sites excluding steroid dienone is 2. The minimum Gasteiger partial charge on any atom is -0.504 e. The molecule has 2 aliphatic heterocycles. The fraction of sp³-hybridized carbons (Fsp3) is 0.250. The standard InChI is InChI=1S/C40H32BrClFN3O6/c1-40-29(37(49)46(39(40)51)24-12-15-31(43)30(42)18-24)19-27-25(34(40)28-16-20(41)17-32(52-2)35(28)47)13-14-26-33(27)38(50)45(36(26)48)23-10-8-22(9-11-23)44-21-6-4-3-5-7-21/h3-13,15-18,26-27,29,33-34,44,47H,14,19H2,1-2H3/t26-,27+,29-,33-,34+,40+/m0/s1. The second-order valence-corrected chi connectivity index (χ2v) is 15.2. The summed E-state index contributed by atoms with van der Waals surface area (Å²) in [5, 5.41) is 14.7. The first kappa shape index (κ1) is 34.1. The molecule has 1 saturated carbocycles. The molecule has 2 aliphatic carbocycles. The summed E-state index contributed by atoms with van der Waals surface area (Å²) in [5.41, 5.74) is 1.81. The Balaban J connectivity index is 1.21. The average Bonchev–Trinajstić information content (AvgIpc) is 3.50. The maximum atomic E-state index is 14.7. The monoisotopic (exact) mass is 783 g/mol. The third-order valence-electron chi connectivity index (χ3n) is 11.2. The van der Waals surface area contributed by atoms with E-state index in [0.29, 0.717) is 21.3 Å². The van der Waals surface area contributed by atoms with Crippen molar-refractivity contribution in [1.82, 2.24) is 0 Å². The van der Waals surface area contributed by atoms with Crippen LogP contribution in [0.4, 0.5) is 27.1 Å². The summed E-state index contributed by atoms with van der Waals surface area (Å²) in [6.07, 6.45) is 2.24. The Morgan fingerprint density at radius 3 is 2.27 bits per heavy atom. The minimum absolute atomic E-state index is 0.106. The van der Waals surface area contributed by atoms with E-state index in [1.807, 2.05) is 36.4 Å². The smallest absolute Gasteiger partial charge is 0.241 e. The lowest BCUT2D eigenvalue weighted by Gasteiger charge is -2.49. The number of benzene rings is 4. The van der Waals surface area contributed by atoms with Gasteiger partial charge < -0.3 is 15.2 Å². The third-order valence-corrected chi connectivity index (χ3v) is 12.0. The van der Waals surface area contributed by atoms with Gasteiger partial charge in [0.15, 0.2) is 11.5 Å². The number of hydrogen-bond donors (Lipinski definition) is 2. The molecule has 4 aliphatic rings. The highest BCUT2D eigenvalue weighted by atomic mass is 79.9. The summed E-state index contributed by atoms with van der Waals surface area (Å²) >= 11 is 9.62. The predicted molar refractivity (Wildman–Crippen MR) is 197 cm³/mol. The molecular weight excluding hydrogens is 753 g/mol. The number of carbonyl (C=O) groups excluding carboxylic acids is 4. The molecule has 9 nitrogen and oxygen atoms in total. The van der Waals surface area contributed by atoms with Gasteiger partial charge in [-0.05, 0) is 92.4 Å². The molecule has 4 amide bonds. The number of methoxy groups -OCH3 is 1. The van der Waals surface area contributed by atoms with E-state index in [0.717, 1.165) is 22.3 Å². The van der Waals surface area contributed by atoms with Crippen molar-refractivity contribution in [3.05, 3.63) is 117 Å². The summed E-state index contributed by atoms with van der Waals surface area (Å²) in [5.74, 6) is -6.49. The second kappa shape index (κ2) is 12.6. The van der Waals surface area contributed by atoms with Crippen molar-refractivity contribution in [3.8, 4) is 11.5 Å². The van der Waals surface area contributed by atoms with Gasteiger partial charge in [-0.25, -0.2) is 9.29 Å². The van der Waals surface area contributed by atoms with Crippen molar-refractivity contribution < 1.29 is 33.4 Å². The quantitative estimate of drug-likeness (QED) is 0.150. The number of ether oxygens (including phenoxy) is 1. The first-order valence-corrected chi connectivity index (χ1v) is 18.0. The van der Waals surface area contributed by atoms with Crippen LogP contribution in [0.2, 0.25) is 5.02 Å². The molecule has 2 saturated heterocycles. The molecule has 2 heterocycles. The molecule has 3 fully saturated rings. The number of amides is 4. The van der Waals surface area contributed by atoms with Gasteiger partial charge in [0.2, 0.25) is 23.6 Å². The summed E-state index contributed by atoms with van der Waals surface area (Å²) in [7, 11) is 1.41. The van der Waals surface area contributed by atoms with Crippen molar-refractivity contribution in [1.29, 1.82) is 0 Å². The Morgan fingerprint density at radius 2 is 1.58 bits per heavy atom. The van der Waals surface area contributed by atoms with Crippen molar-refractivity contribution in [3.63, 3.8) is 0 Å². The molecule has 0 aromatic heterocycles. The lowest BCUT2D eigenvalue weighted by molar-refractivity contribution is -0.131. The molecule has 264 valence electrons. The van der Waals surface area contributed by atoms with Crippen LogP contribution < -0.4 is 19.9 Å². The molecule has 0 bridgehead atoms. The Kier molecular flexibility index (Phi) is 8.26. The lowest BCUT2D eigenvalue weighted by atomic mass is 9.51. The normalized spacial score (nSPS) is 26.6. The van der Waals surface area contributed by atoms with Gasteiger partial charge in [-0.1, -0.05) is 57.4 Å². The highest BCUT2D eigenvalue weighted by molar-refractivity contribution is 9.10. The summed E-state index contributed by atoms with van der Waals surface area (Å²) in [6.45, 7) is 1.70. The molecule has 0 spiro atoms. The van der Waals surface area contributed by atoms with E-state index in [4.69, 9.17) is 16.3 Å². The third kappa shape index (κ3) is 5.08. The van der Waals surface area contributed by atoms with Gasteiger partial charge in [0.25, 0.3) is 0 Å². The molecule has 12 heteroatoms. The van der Waals surface area contributed by atoms with Crippen LogP contribution in [0.15, 0.2) is 101 Å². The molecule has 4 aromatic carbocycles. The number of carbonyl (C=O) groups is 4. The molecule has 52 heavy (non-hydrogen) atoms. The van der Waals surface area contributed by atoms with E-state index in [1.165, 1.54) is 24.1 Å². The van der Waals surface area contributed by atoms with Crippen LogP contribution in [0, 0.1) is 34.9 Å². The number of hydrogen-bond acceptors (Lipinski definition) is 7. The highest BCUT2D eigenvalue weighted by Crippen LogP contribution is 2.65. The summed E-state index contributed by atoms with van der Waals surface area (Å²) in [4.78, 5) is 60.0. The zero-order valence-electron chi connectivity index (χ0n) is 28.0. The maximum absolute atomic E-state index is 14.7. The number of halogens is 3. The van der Waals surface area contributed by atoms with E-state index in [1.54, 1.807) is 43.3 Å². The molecule has 2 N–H and O–H groups in total. The zero-order valence-corrected chi connectivity index (χ0v) is 30.3. The first-order valence-electron chi connectivity index (χ1n) is 16.8. The van der Waals surface area contributed by atoms with Gasteiger partial charge in [0.05, 0.1) is 46.7 Å². The number of nitrogens with one attached hydrogen (secondary N) is 1. The number of rotatable bonds is 6. The number of phenolic OH excluding ortho intramolecular Hbond substituents is 1. The Bertz CT molecular complexity index is 2210. The fourth-order valence-corrected chi connectivity index (χ4v) is 9.47. The zero-order chi connectivity index (χ0) is 36.6. The summed E-state index contributed by atoms with van der Waals surface area (Å²) < 4.78 is 20.3. The van der Waals surface area contributed by atoms with E-state index >= 15 is 0 Å². The van der Waals surface area contributed by atoms with E-state index < -0.39 is 52.6 Å². The lowest BCUT2D eigenvalue weighted by Crippen LogP contribution is -2.49. The Morgan fingerprint density at radius 1 is 0.885 bits per heavy atom. The van der Waals surface area contributed by atoms with Crippen molar-refractivity contribution >= 4 is 73.9 Å². The number of anilines is 4. The van der Waals surface area contributed by atoms with Crippen LogP contribution in [-0.2, 0) is 19.2 Å². The van der Waals surface area contributed by atoms with E-state index in [9.17, 15) is 28.7 Å². The van der Waals surface area contributed by atoms with Crippen LogP contribution in [0.3, 0.4) is 0 Å². The Hall–Kier alpha value is -5.00. The molecule has 0 radical (unpaired) electrons. The van der Waals surface area contributed by atoms with Crippen LogP contribution >= 0.6 is 27.5 Å². The molecule has 4 aromatic rings. The van der Waals surface area contributed by atoms with Crippen LogP contribution in [0.1, 0.15) is 31.2 Å². The Labute approximate surface area is 312 Å². The molecular formula is C40H32BrClFN3O6. The first-order chi connectivity index (χ1) is 24.9. The van der Waals surface area contributed by atoms with E-state index in [-0.39, 0.29) is 46.9 Å². The van der Waals surface area contributed by atoms with Gasteiger partial charge >= 0.3 is 0 Å². The second-order valence-electron chi connectivity index (χ2n) is 13.9. The fourth-order valence-electron chi connectivity index (χ4n) is 8.84. The van der Waals surface area contributed by atoms with Gasteiger partial charge in [0, 0.05) is 27.3 Å². The minimum atomic E-state index is -1.44. The number of fused-ring (bicyclic) bond motifs is 4.